The molecule has 1 unspecified atom stereocenters. The molecule has 7 nitrogen and oxygen atoms in total. The monoisotopic (exact) mass is 335 g/mol. The molecule has 0 saturated carbocycles. The van der Waals surface area contributed by atoms with Crippen LogP contribution in [-0.2, 0) is 7.05 Å². The Morgan fingerprint density at radius 1 is 1.24 bits per heavy atom. The van der Waals surface area contributed by atoms with E-state index < -0.39 is 0 Å². The minimum absolute atomic E-state index is 0.257. The summed E-state index contributed by atoms with van der Waals surface area (Å²) in [6, 6.07) is 12.4. The number of aryl methyl sites for hydroxylation is 1. The molecule has 1 atom stereocenters. The van der Waals surface area contributed by atoms with E-state index in [9.17, 15) is 0 Å². The van der Waals surface area contributed by atoms with Crippen LogP contribution in [-0.4, -0.2) is 38.9 Å². The summed E-state index contributed by atoms with van der Waals surface area (Å²) in [6.45, 7) is 1.89. The van der Waals surface area contributed by atoms with Gasteiger partial charge in [-0.1, -0.05) is 12.1 Å². The molecule has 1 aliphatic rings. The van der Waals surface area contributed by atoms with Crippen molar-refractivity contribution in [2.24, 2.45) is 12.8 Å². The van der Waals surface area contributed by atoms with Gasteiger partial charge in [-0.2, -0.15) is 0 Å². The number of anilines is 3. The standard InChI is InChI=1S/C18H21N7/c1-24-12-21-23-18(24)13-3-2-4-15(9-13)22-17-10-16(5-7-20-17)25-8-6-14(19)11-25/h2-5,7,9-10,12,14H,6,8,11,19H2,1H3,(H,20,22). The number of rotatable bonds is 4. The summed E-state index contributed by atoms with van der Waals surface area (Å²) in [5.41, 5.74) is 9.13. The lowest BCUT2D eigenvalue weighted by molar-refractivity contribution is 0.752. The minimum atomic E-state index is 0.257. The molecule has 1 aliphatic heterocycles. The summed E-state index contributed by atoms with van der Waals surface area (Å²) in [5, 5.41) is 11.5. The molecule has 1 aromatic carbocycles. The van der Waals surface area contributed by atoms with Crippen LogP contribution in [0.1, 0.15) is 6.42 Å². The Kier molecular flexibility index (Phi) is 4.07. The molecular weight excluding hydrogens is 314 g/mol. The predicted molar refractivity (Wildman–Crippen MR) is 98.8 cm³/mol. The maximum atomic E-state index is 6.01. The second kappa shape index (κ2) is 6.52. The molecule has 0 radical (unpaired) electrons. The van der Waals surface area contributed by atoms with Crippen molar-refractivity contribution in [3.8, 4) is 11.4 Å². The van der Waals surface area contributed by atoms with Crippen LogP contribution in [0.25, 0.3) is 11.4 Å². The van der Waals surface area contributed by atoms with Crippen LogP contribution in [0.5, 0.6) is 0 Å². The molecule has 25 heavy (non-hydrogen) atoms. The highest BCUT2D eigenvalue weighted by Gasteiger charge is 2.19. The predicted octanol–water partition coefficient (Wildman–Crippen LogP) is 2.16. The summed E-state index contributed by atoms with van der Waals surface area (Å²) in [5.74, 6) is 1.64. The number of nitrogens with two attached hydrogens (primary N) is 1. The van der Waals surface area contributed by atoms with Gasteiger partial charge in [0.1, 0.15) is 12.1 Å². The van der Waals surface area contributed by atoms with Crippen LogP contribution in [0.4, 0.5) is 17.2 Å². The maximum Gasteiger partial charge on any atom is 0.163 e. The van der Waals surface area contributed by atoms with Gasteiger partial charge in [0.2, 0.25) is 0 Å². The number of benzene rings is 1. The van der Waals surface area contributed by atoms with Gasteiger partial charge in [0.15, 0.2) is 5.82 Å². The fourth-order valence-electron chi connectivity index (χ4n) is 3.13. The van der Waals surface area contributed by atoms with E-state index in [1.54, 1.807) is 6.33 Å². The summed E-state index contributed by atoms with van der Waals surface area (Å²) in [4.78, 5) is 6.73. The lowest BCUT2D eigenvalue weighted by Gasteiger charge is -2.18. The van der Waals surface area contributed by atoms with Crippen LogP contribution in [0.3, 0.4) is 0 Å². The number of hydrogen-bond acceptors (Lipinski definition) is 6. The first-order valence-electron chi connectivity index (χ1n) is 8.37. The van der Waals surface area contributed by atoms with Gasteiger partial charge in [0.05, 0.1) is 0 Å². The van der Waals surface area contributed by atoms with Crippen LogP contribution < -0.4 is 16.0 Å². The van der Waals surface area contributed by atoms with E-state index in [4.69, 9.17) is 5.73 Å². The van der Waals surface area contributed by atoms with Crippen molar-refractivity contribution in [1.82, 2.24) is 19.7 Å². The van der Waals surface area contributed by atoms with Gasteiger partial charge in [0, 0.05) is 55.4 Å². The molecule has 1 saturated heterocycles. The normalized spacial score (nSPS) is 17.0. The van der Waals surface area contributed by atoms with E-state index in [0.717, 1.165) is 48.1 Å². The van der Waals surface area contributed by atoms with Crippen molar-refractivity contribution in [3.05, 3.63) is 48.9 Å². The molecule has 4 rings (SSSR count). The molecule has 1 fully saturated rings. The van der Waals surface area contributed by atoms with Crippen molar-refractivity contribution < 1.29 is 0 Å². The lowest BCUT2D eigenvalue weighted by Crippen LogP contribution is -2.26. The summed E-state index contributed by atoms with van der Waals surface area (Å²) in [6.07, 6.45) is 4.56. The van der Waals surface area contributed by atoms with Gasteiger partial charge < -0.3 is 20.5 Å². The average Bonchev–Trinajstić information content (AvgIpc) is 3.24. The van der Waals surface area contributed by atoms with Gasteiger partial charge in [-0.25, -0.2) is 4.98 Å². The molecule has 3 N–H and O–H groups in total. The zero-order valence-corrected chi connectivity index (χ0v) is 14.1. The molecule has 3 aromatic rings. The summed E-state index contributed by atoms with van der Waals surface area (Å²) < 4.78 is 1.90. The summed E-state index contributed by atoms with van der Waals surface area (Å²) in [7, 11) is 1.93. The van der Waals surface area contributed by atoms with Crippen LogP contribution in [0.2, 0.25) is 0 Å². The third-order valence-corrected chi connectivity index (χ3v) is 4.44. The molecule has 2 aromatic heterocycles. The highest BCUT2D eigenvalue weighted by molar-refractivity contribution is 5.67. The van der Waals surface area contributed by atoms with Crippen LogP contribution in [0, 0.1) is 0 Å². The lowest BCUT2D eigenvalue weighted by atomic mass is 10.2. The minimum Gasteiger partial charge on any atom is -0.370 e. The van der Waals surface area contributed by atoms with E-state index in [-0.39, 0.29) is 6.04 Å². The molecule has 3 heterocycles. The molecule has 0 spiro atoms. The Morgan fingerprint density at radius 3 is 2.92 bits per heavy atom. The molecule has 0 bridgehead atoms. The van der Waals surface area contributed by atoms with Crippen molar-refractivity contribution in [3.63, 3.8) is 0 Å². The zero-order chi connectivity index (χ0) is 17.2. The third-order valence-electron chi connectivity index (χ3n) is 4.44. The largest absolute Gasteiger partial charge is 0.370 e. The number of aromatic nitrogens is 4. The van der Waals surface area contributed by atoms with Crippen molar-refractivity contribution >= 4 is 17.2 Å². The van der Waals surface area contributed by atoms with Crippen molar-refractivity contribution in [2.45, 2.75) is 12.5 Å². The Labute approximate surface area is 146 Å². The second-order valence-electron chi connectivity index (χ2n) is 6.37. The molecule has 0 amide bonds. The topological polar surface area (TPSA) is 84.9 Å². The van der Waals surface area contributed by atoms with Crippen molar-refractivity contribution in [1.29, 1.82) is 0 Å². The first kappa shape index (κ1) is 15.6. The van der Waals surface area contributed by atoms with Gasteiger partial charge in [-0.05, 0) is 24.6 Å². The van der Waals surface area contributed by atoms with Gasteiger partial charge in [0.25, 0.3) is 0 Å². The van der Waals surface area contributed by atoms with Crippen molar-refractivity contribution in [2.75, 3.05) is 23.3 Å². The Bertz CT molecular complexity index is 873. The van der Waals surface area contributed by atoms with Crippen LogP contribution >= 0.6 is 0 Å². The van der Waals surface area contributed by atoms with Crippen LogP contribution in [0.15, 0.2) is 48.9 Å². The molecule has 128 valence electrons. The number of hydrogen-bond donors (Lipinski definition) is 2. The van der Waals surface area contributed by atoms with E-state index in [2.05, 4.69) is 31.5 Å². The van der Waals surface area contributed by atoms with Gasteiger partial charge >= 0.3 is 0 Å². The number of nitrogens with one attached hydrogen (secondary N) is 1. The van der Waals surface area contributed by atoms with E-state index in [1.807, 2.05) is 48.1 Å². The quantitative estimate of drug-likeness (QED) is 0.760. The smallest absolute Gasteiger partial charge is 0.163 e. The zero-order valence-electron chi connectivity index (χ0n) is 14.1. The van der Waals surface area contributed by atoms with E-state index in [1.165, 1.54) is 0 Å². The van der Waals surface area contributed by atoms with E-state index >= 15 is 0 Å². The third kappa shape index (κ3) is 3.32. The molecular formula is C18H21N7. The highest BCUT2D eigenvalue weighted by atomic mass is 15.2. The van der Waals surface area contributed by atoms with E-state index in [0.29, 0.717) is 0 Å². The fraction of sp³-hybridized carbons (Fsp3) is 0.278. The number of pyridine rings is 1. The highest BCUT2D eigenvalue weighted by Crippen LogP contribution is 2.25. The van der Waals surface area contributed by atoms with Gasteiger partial charge in [-0.3, -0.25) is 0 Å². The average molecular weight is 335 g/mol. The number of nitrogens with zero attached hydrogens (tertiary/aromatic N) is 5. The first-order chi connectivity index (χ1) is 12.2. The fourth-order valence-corrected chi connectivity index (χ4v) is 3.13. The molecule has 0 aliphatic carbocycles. The summed E-state index contributed by atoms with van der Waals surface area (Å²) >= 11 is 0. The SMILES string of the molecule is Cn1cnnc1-c1cccc(Nc2cc(N3CCC(N)C3)ccn2)c1. The maximum absolute atomic E-state index is 6.01. The Morgan fingerprint density at radius 2 is 2.16 bits per heavy atom. The Hall–Kier alpha value is -2.93. The Balaban J connectivity index is 1.55. The molecule has 7 heteroatoms. The second-order valence-corrected chi connectivity index (χ2v) is 6.37. The first-order valence-corrected chi connectivity index (χ1v) is 8.37. The van der Waals surface area contributed by atoms with Gasteiger partial charge in [-0.15, -0.1) is 10.2 Å².